The number of rotatable bonds is 5. The molecule has 8 atom stereocenters. The zero-order valence-corrected chi connectivity index (χ0v) is 23.1. The van der Waals surface area contributed by atoms with E-state index in [2.05, 4.69) is 13.8 Å². The molecule has 2 saturated carbocycles. The fourth-order valence-corrected chi connectivity index (χ4v) is 7.28. The molecule has 2 N–H and O–H groups in total. The van der Waals surface area contributed by atoms with Crippen molar-refractivity contribution in [2.45, 2.75) is 79.6 Å². The van der Waals surface area contributed by atoms with Crippen LogP contribution in [0.25, 0.3) is 0 Å². The third kappa shape index (κ3) is 3.72. The smallest absolute Gasteiger partial charge is 0.334 e. The monoisotopic (exact) mass is 512 g/mol. The minimum atomic E-state index is -2.15. The minimum Gasteiger partial charge on any atom is -0.458 e. The Morgan fingerprint density at radius 1 is 1.14 bits per heavy atom. The highest BCUT2D eigenvalue weighted by Crippen LogP contribution is 2.71. The number of carbonyl (C=O) groups is 3. The third-order valence-corrected chi connectivity index (χ3v) is 9.82. The Hall–Kier alpha value is -2.51. The zero-order chi connectivity index (χ0) is 27.7. The van der Waals surface area contributed by atoms with Crippen molar-refractivity contribution < 1.29 is 34.1 Å². The van der Waals surface area contributed by atoms with Crippen molar-refractivity contribution in [1.82, 2.24) is 0 Å². The van der Waals surface area contributed by atoms with Crippen molar-refractivity contribution >= 4 is 17.7 Å². The molecule has 7 nitrogen and oxygen atoms in total. The van der Waals surface area contributed by atoms with Gasteiger partial charge < -0.3 is 19.7 Å². The predicted octanol–water partition coefficient (Wildman–Crippen LogP) is 3.85. The second-order valence-corrected chi connectivity index (χ2v) is 12.0. The van der Waals surface area contributed by atoms with E-state index < -0.39 is 41.1 Å². The fraction of sp³-hybridized carbons (Fsp3) is 0.633. The summed E-state index contributed by atoms with van der Waals surface area (Å²) in [5.74, 6) is -1.93. The predicted molar refractivity (Wildman–Crippen MR) is 138 cm³/mol. The van der Waals surface area contributed by atoms with E-state index in [4.69, 9.17) is 9.47 Å². The molecule has 0 aliphatic heterocycles. The number of esters is 2. The highest BCUT2D eigenvalue weighted by atomic mass is 16.6. The Kier molecular flexibility index (Phi) is 6.73. The fourth-order valence-electron chi connectivity index (χ4n) is 7.28. The van der Waals surface area contributed by atoms with Gasteiger partial charge in [0, 0.05) is 17.1 Å². The van der Waals surface area contributed by atoms with Crippen LogP contribution in [0.3, 0.4) is 0 Å². The number of aliphatic hydroxyl groups is 2. The molecular weight excluding hydrogens is 472 g/mol. The van der Waals surface area contributed by atoms with Gasteiger partial charge in [-0.3, -0.25) is 4.79 Å². The van der Waals surface area contributed by atoms with Gasteiger partial charge in [0.1, 0.15) is 12.7 Å². The van der Waals surface area contributed by atoms with Crippen LogP contribution in [0.1, 0.15) is 61.8 Å². The van der Waals surface area contributed by atoms with Crippen LogP contribution in [0.5, 0.6) is 0 Å². The molecule has 202 valence electrons. The van der Waals surface area contributed by atoms with E-state index in [1.54, 1.807) is 58.9 Å². The SMILES string of the molecule is C/C=C(/C)C(=O)OCC1=CC2C(=O)C3(C=C(C)[C@H](OC(=O)/C(C)=C\C)[C@@]3(O)[C@@H]1O)[C@H](C)C[C@@H]1[C@H]2C1(C)C. The topological polar surface area (TPSA) is 110 Å². The summed E-state index contributed by atoms with van der Waals surface area (Å²) in [6.07, 6.45) is 4.56. The maximum absolute atomic E-state index is 14.5. The summed E-state index contributed by atoms with van der Waals surface area (Å²) in [5.41, 5.74) is -2.14. The Morgan fingerprint density at radius 2 is 1.73 bits per heavy atom. The van der Waals surface area contributed by atoms with Crippen molar-refractivity contribution in [3.05, 3.63) is 46.6 Å². The first-order chi connectivity index (χ1) is 17.2. The number of aliphatic hydroxyl groups excluding tert-OH is 1. The summed E-state index contributed by atoms with van der Waals surface area (Å²) in [6, 6.07) is 0. The van der Waals surface area contributed by atoms with Gasteiger partial charge in [0.25, 0.3) is 0 Å². The van der Waals surface area contributed by atoms with Gasteiger partial charge in [0.05, 0.1) is 5.41 Å². The summed E-state index contributed by atoms with van der Waals surface area (Å²) in [4.78, 5) is 39.8. The van der Waals surface area contributed by atoms with Crippen molar-refractivity contribution in [3.63, 3.8) is 0 Å². The van der Waals surface area contributed by atoms with Crippen LogP contribution < -0.4 is 0 Å². The van der Waals surface area contributed by atoms with Gasteiger partial charge in [-0.2, -0.15) is 0 Å². The second-order valence-electron chi connectivity index (χ2n) is 12.0. The maximum atomic E-state index is 14.5. The number of Topliss-reactive ketones (excluding diaryl/α,β-unsaturated/α-hetero) is 1. The summed E-state index contributed by atoms with van der Waals surface area (Å²) >= 11 is 0. The van der Waals surface area contributed by atoms with Crippen molar-refractivity contribution in [2.24, 2.45) is 34.5 Å². The molecule has 2 fully saturated rings. The normalized spacial score (nSPS) is 40.4. The van der Waals surface area contributed by atoms with E-state index in [0.717, 1.165) is 0 Å². The molecule has 0 aromatic rings. The van der Waals surface area contributed by atoms with E-state index >= 15 is 0 Å². The molecule has 0 radical (unpaired) electrons. The van der Waals surface area contributed by atoms with Crippen molar-refractivity contribution in [2.75, 3.05) is 6.61 Å². The van der Waals surface area contributed by atoms with Crippen LogP contribution in [-0.4, -0.2) is 52.4 Å². The summed E-state index contributed by atoms with van der Waals surface area (Å²) in [6.45, 7) is 14.4. The van der Waals surface area contributed by atoms with Crippen molar-refractivity contribution in [3.8, 4) is 0 Å². The van der Waals surface area contributed by atoms with Gasteiger partial charge in [-0.05, 0) is 75.4 Å². The summed E-state index contributed by atoms with van der Waals surface area (Å²) in [5, 5.41) is 24.4. The third-order valence-electron chi connectivity index (χ3n) is 9.82. The lowest BCUT2D eigenvalue weighted by Gasteiger charge is -2.48. The van der Waals surface area contributed by atoms with Crippen LogP contribution >= 0.6 is 0 Å². The molecule has 7 heteroatoms. The van der Waals surface area contributed by atoms with E-state index in [1.165, 1.54) is 0 Å². The highest BCUT2D eigenvalue weighted by molar-refractivity contribution is 5.96. The Bertz CT molecular complexity index is 1150. The number of ether oxygens (including phenoxy) is 2. The molecular formula is C30H40O7. The van der Waals surface area contributed by atoms with Gasteiger partial charge in [0.2, 0.25) is 0 Å². The molecule has 4 rings (SSSR count). The molecule has 0 heterocycles. The van der Waals surface area contributed by atoms with Crippen LogP contribution in [0.15, 0.2) is 46.6 Å². The molecule has 0 aromatic carbocycles. The van der Waals surface area contributed by atoms with Crippen LogP contribution in [0, 0.1) is 34.5 Å². The Balaban J connectivity index is 1.86. The average molecular weight is 513 g/mol. The van der Waals surface area contributed by atoms with Gasteiger partial charge in [0.15, 0.2) is 17.5 Å². The van der Waals surface area contributed by atoms with E-state index in [9.17, 15) is 24.6 Å². The lowest BCUT2D eigenvalue weighted by Crippen LogP contribution is -2.65. The minimum absolute atomic E-state index is 0.0416. The lowest BCUT2D eigenvalue weighted by molar-refractivity contribution is -0.201. The molecule has 4 aliphatic carbocycles. The number of hydrogen-bond donors (Lipinski definition) is 2. The standard InChI is InChI=1S/C30H40O7/c1-9-15(3)26(33)36-14-19-12-20-22-21(28(22,7)8)11-18(6)29(24(20)32)13-17(5)25(30(29,35)23(19)31)37-27(34)16(4)10-2/h9-10,12-13,18,20-23,25,31,35H,11,14H2,1-8H3/b15-9-,16-10-/t18-,20?,21-,22+,23-,25+,29?,30+/m1/s1. The number of carbonyl (C=O) groups excluding carboxylic acids is 3. The molecule has 2 unspecified atom stereocenters. The largest absolute Gasteiger partial charge is 0.458 e. The summed E-state index contributed by atoms with van der Waals surface area (Å²) < 4.78 is 11.3. The number of ketones is 1. The molecule has 0 saturated heterocycles. The molecule has 2 bridgehead atoms. The number of allylic oxidation sites excluding steroid dienone is 3. The zero-order valence-electron chi connectivity index (χ0n) is 23.1. The average Bonchev–Trinajstić information content (AvgIpc) is 3.35. The van der Waals surface area contributed by atoms with E-state index in [1.807, 2.05) is 6.92 Å². The van der Waals surface area contributed by atoms with Gasteiger partial charge >= 0.3 is 11.9 Å². The molecule has 0 aromatic heterocycles. The van der Waals surface area contributed by atoms with E-state index in [-0.39, 0.29) is 41.1 Å². The van der Waals surface area contributed by atoms with Crippen LogP contribution in [0.2, 0.25) is 0 Å². The molecule has 0 amide bonds. The van der Waals surface area contributed by atoms with Crippen LogP contribution in [0.4, 0.5) is 0 Å². The highest BCUT2D eigenvalue weighted by Gasteiger charge is 2.76. The van der Waals surface area contributed by atoms with E-state index in [0.29, 0.717) is 23.1 Å². The molecule has 4 aliphatic rings. The van der Waals surface area contributed by atoms with Gasteiger partial charge in [-0.1, -0.05) is 45.1 Å². The number of fused-ring (bicyclic) bond motifs is 3. The first-order valence-electron chi connectivity index (χ1n) is 13.2. The lowest BCUT2D eigenvalue weighted by atomic mass is 9.59. The van der Waals surface area contributed by atoms with Crippen LogP contribution in [-0.2, 0) is 23.9 Å². The molecule has 1 spiro atoms. The Morgan fingerprint density at radius 3 is 2.32 bits per heavy atom. The summed E-state index contributed by atoms with van der Waals surface area (Å²) in [7, 11) is 0. The quantitative estimate of drug-likeness (QED) is 0.327. The first-order valence-corrected chi connectivity index (χ1v) is 13.2. The Labute approximate surface area is 219 Å². The molecule has 37 heavy (non-hydrogen) atoms. The van der Waals surface area contributed by atoms with Crippen molar-refractivity contribution in [1.29, 1.82) is 0 Å². The van der Waals surface area contributed by atoms with Gasteiger partial charge in [-0.25, -0.2) is 9.59 Å². The second kappa shape index (κ2) is 9.05. The maximum Gasteiger partial charge on any atom is 0.334 e. The van der Waals surface area contributed by atoms with Gasteiger partial charge in [-0.15, -0.1) is 0 Å². The number of hydrogen-bond acceptors (Lipinski definition) is 7. The first kappa shape index (κ1) is 27.5.